The van der Waals surface area contributed by atoms with E-state index in [1.54, 1.807) is 6.92 Å². The van der Waals surface area contributed by atoms with Crippen LogP contribution in [0.3, 0.4) is 0 Å². The van der Waals surface area contributed by atoms with Crippen LogP contribution in [-0.4, -0.2) is 30.3 Å². The third-order valence-corrected chi connectivity index (χ3v) is 1.70. The van der Waals surface area contributed by atoms with Crippen LogP contribution < -0.4 is 0 Å². The van der Waals surface area contributed by atoms with Crippen LogP contribution in [0.2, 0.25) is 0 Å². The van der Waals surface area contributed by atoms with Crippen molar-refractivity contribution in [3.05, 3.63) is 0 Å². The van der Waals surface area contributed by atoms with Crippen molar-refractivity contribution >= 4 is 5.78 Å². The van der Waals surface area contributed by atoms with Crippen molar-refractivity contribution in [1.29, 1.82) is 0 Å². The van der Waals surface area contributed by atoms with Gasteiger partial charge in [-0.2, -0.15) is 0 Å². The molecule has 0 aromatic carbocycles. The number of hydrogen-bond acceptors (Lipinski definition) is 2. The second kappa shape index (κ2) is 4.45. The zero-order valence-corrected chi connectivity index (χ0v) is 7.35. The number of Topliss-reactive ketones (excluding diaryl/α,β-unsaturated/α-hetero) is 1. The van der Waals surface area contributed by atoms with Gasteiger partial charge in [-0.25, -0.2) is 0 Å². The van der Waals surface area contributed by atoms with E-state index >= 15 is 0 Å². The Labute approximate surface area is 63.2 Å². The zero-order chi connectivity index (χ0) is 8.15. The highest BCUT2D eigenvalue weighted by molar-refractivity contribution is 5.75. The molecule has 0 aliphatic carbocycles. The molecule has 2 heteroatoms. The van der Waals surface area contributed by atoms with Crippen LogP contribution in [0.1, 0.15) is 27.2 Å². The molecule has 0 radical (unpaired) electrons. The van der Waals surface area contributed by atoms with Crippen molar-refractivity contribution in [3.8, 4) is 0 Å². The topological polar surface area (TPSA) is 20.3 Å². The number of hydrogen-bond donors (Lipinski definition) is 0. The van der Waals surface area contributed by atoms with Gasteiger partial charge in [-0.1, -0.05) is 0 Å². The molecular formula is C8H17NO. The summed E-state index contributed by atoms with van der Waals surface area (Å²) >= 11 is 0. The lowest BCUT2D eigenvalue weighted by Crippen LogP contribution is -2.28. The molecule has 0 aliphatic heterocycles. The van der Waals surface area contributed by atoms with Gasteiger partial charge in [0.25, 0.3) is 0 Å². The van der Waals surface area contributed by atoms with E-state index in [0.29, 0.717) is 12.5 Å². The Hall–Kier alpha value is -0.370. The molecule has 0 rings (SSSR count). The Morgan fingerprint density at radius 3 is 2.30 bits per heavy atom. The first kappa shape index (κ1) is 9.63. The molecule has 0 fully saturated rings. The quantitative estimate of drug-likeness (QED) is 0.591. The van der Waals surface area contributed by atoms with Crippen molar-refractivity contribution in [1.82, 2.24) is 4.90 Å². The standard InChI is InChI=1S/C8H17NO/c1-7(2)9(4)6-5-8(3)10/h7H,5-6H2,1-4H3. The van der Waals surface area contributed by atoms with Gasteiger partial charge in [0, 0.05) is 19.0 Å². The normalized spacial score (nSPS) is 11.0. The fourth-order valence-electron chi connectivity index (χ4n) is 0.592. The molecule has 0 spiro atoms. The minimum atomic E-state index is 0.271. The molecule has 0 saturated carbocycles. The molecule has 0 N–H and O–H groups in total. The van der Waals surface area contributed by atoms with Gasteiger partial charge in [0.05, 0.1) is 0 Å². The molecule has 0 amide bonds. The molecule has 0 unspecified atom stereocenters. The summed E-state index contributed by atoms with van der Waals surface area (Å²) in [6.45, 7) is 6.77. The molecule has 0 aliphatic rings. The summed E-state index contributed by atoms with van der Waals surface area (Å²) in [7, 11) is 2.04. The minimum absolute atomic E-state index is 0.271. The van der Waals surface area contributed by atoms with Crippen LogP contribution in [-0.2, 0) is 4.79 Å². The molecule has 2 nitrogen and oxygen atoms in total. The van der Waals surface area contributed by atoms with Gasteiger partial charge in [-0.05, 0) is 27.8 Å². The van der Waals surface area contributed by atoms with Gasteiger partial charge in [0.15, 0.2) is 0 Å². The lowest BCUT2D eigenvalue weighted by Gasteiger charge is -2.19. The lowest BCUT2D eigenvalue weighted by atomic mass is 10.2. The fraction of sp³-hybridized carbons (Fsp3) is 0.875. The Bertz CT molecular complexity index is 110. The highest BCUT2D eigenvalue weighted by Crippen LogP contribution is 1.94. The number of nitrogens with zero attached hydrogens (tertiary/aromatic N) is 1. The van der Waals surface area contributed by atoms with E-state index < -0.39 is 0 Å². The predicted molar refractivity (Wildman–Crippen MR) is 43.1 cm³/mol. The summed E-state index contributed by atoms with van der Waals surface area (Å²) in [5.74, 6) is 0.271. The summed E-state index contributed by atoms with van der Waals surface area (Å²) in [6, 6.07) is 0.541. The third kappa shape index (κ3) is 4.50. The average Bonchev–Trinajstić information content (AvgIpc) is 1.82. The van der Waals surface area contributed by atoms with Crippen LogP contribution in [0.25, 0.3) is 0 Å². The smallest absolute Gasteiger partial charge is 0.131 e. The first-order valence-electron chi connectivity index (χ1n) is 3.73. The maximum Gasteiger partial charge on any atom is 0.131 e. The van der Waals surface area contributed by atoms with E-state index in [4.69, 9.17) is 0 Å². The monoisotopic (exact) mass is 143 g/mol. The van der Waals surface area contributed by atoms with Gasteiger partial charge in [0.1, 0.15) is 5.78 Å². The van der Waals surface area contributed by atoms with Crippen molar-refractivity contribution in [3.63, 3.8) is 0 Å². The summed E-state index contributed by atoms with van der Waals surface area (Å²) < 4.78 is 0. The van der Waals surface area contributed by atoms with Crippen LogP contribution in [0, 0.1) is 0 Å². The maximum absolute atomic E-state index is 10.5. The fourth-order valence-corrected chi connectivity index (χ4v) is 0.592. The van der Waals surface area contributed by atoms with E-state index in [1.165, 1.54) is 0 Å². The maximum atomic E-state index is 10.5. The molecule has 0 heterocycles. The van der Waals surface area contributed by atoms with Crippen LogP contribution in [0.15, 0.2) is 0 Å². The van der Waals surface area contributed by atoms with Gasteiger partial charge in [0.2, 0.25) is 0 Å². The third-order valence-electron chi connectivity index (χ3n) is 1.70. The van der Waals surface area contributed by atoms with E-state index in [1.807, 2.05) is 7.05 Å². The van der Waals surface area contributed by atoms with E-state index in [9.17, 15) is 4.79 Å². The number of carbonyl (C=O) groups is 1. The Kier molecular flexibility index (Phi) is 4.28. The van der Waals surface area contributed by atoms with E-state index in [0.717, 1.165) is 6.54 Å². The molecular weight excluding hydrogens is 126 g/mol. The molecule has 0 bridgehead atoms. The lowest BCUT2D eigenvalue weighted by molar-refractivity contribution is -0.117. The van der Waals surface area contributed by atoms with Gasteiger partial charge in [-0.15, -0.1) is 0 Å². The average molecular weight is 143 g/mol. The number of carbonyl (C=O) groups excluding carboxylic acids is 1. The van der Waals surface area contributed by atoms with Crippen molar-refractivity contribution in [2.45, 2.75) is 33.2 Å². The molecule has 0 atom stereocenters. The van der Waals surface area contributed by atoms with Crippen LogP contribution in [0.4, 0.5) is 0 Å². The Morgan fingerprint density at radius 1 is 1.50 bits per heavy atom. The molecule has 0 saturated heterocycles. The Morgan fingerprint density at radius 2 is 2.00 bits per heavy atom. The van der Waals surface area contributed by atoms with Gasteiger partial charge < -0.3 is 4.90 Å². The van der Waals surface area contributed by atoms with E-state index in [-0.39, 0.29) is 5.78 Å². The summed E-state index contributed by atoms with van der Waals surface area (Å²) in [6.07, 6.45) is 0.675. The Balaban J connectivity index is 3.39. The van der Waals surface area contributed by atoms with Crippen molar-refractivity contribution < 1.29 is 4.79 Å². The first-order valence-corrected chi connectivity index (χ1v) is 3.73. The van der Waals surface area contributed by atoms with Gasteiger partial charge >= 0.3 is 0 Å². The highest BCUT2D eigenvalue weighted by Gasteiger charge is 2.02. The van der Waals surface area contributed by atoms with Crippen molar-refractivity contribution in [2.75, 3.05) is 13.6 Å². The summed E-state index contributed by atoms with van der Waals surface area (Å²) in [5.41, 5.74) is 0. The molecule has 60 valence electrons. The predicted octanol–water partition coefficient (Wildman–Crippen LogP) is 1.31. The van der Waals surface area contributed by atoms with E-state index in [2.05, 4.69) is 18.7 Å². The summed E-state index contributed by atoms with van der Waals surface area (Å²) in [5, 5.41) is 0. The largest absolute Gasteiger partial charge is 0.304 e. The minimum Gasteiger partial charge on any atom is -0.304 e. The molecule has 0 aromatic heterocycles. The first-order chi connectivity index (χ1) is 4.54. The van der Waals surface area contributed by atoms with Gasteiger partial charge in [-0.3, -0.25) is 4.79 Å². The summed E-state index contributed by atoms with van der Waals surface area (Å²) in [4.78, 5) is 12.7. The SMILES string of the molecule is CC(=O)CCN(C)C(C)C. The second-order valence-corrected chi connectivity index (χ2v) is 3.03. The van der Waals surface area contributed by atoms with Crippen LogP contribution >= 0.6 is 0 Å². The number of rotatable bonds is 4. The highest BCUT2D eigenvalue weighted by atomic mass is 16.1. The molecule has 0 aromatic rings. The number of ketones is 1. The van der Waals surface area contributed by atoms with Crippen LogP contribution in [0.5, 0.6) is 0 Å². The zero-order valence-electron chi connectivity index (χ0n) is 7.35. The van der Waals surface area contributed by atoms with Crippen molar-refractivity contribution in [2.24, 2.45) is 0 Å². The molecule has 10 heavy (non-hydrogen) atoms. The second-order valence-electron chi connectivity index (χ2n) is 3.03.